The number of aryl methyl sites for hydroxylation is 1. The summed E-state index contributed by atoms with van der Waals surface area (Å²) < 4.78 is 15.5. The number of para-hydroxylation sites is 1. The van der Waals surface area contributed by atoms with Crippen molar-refractivity contribution in [3.8, 4) is 5.69 Å². The first-order chi connectivity index (χ1) is 15.0. The molecule has 160 valence electrons. The molecule has 0 saturated carbocycles. The molecule has 8 heteroatoms. The van der Waals surface area contributed by atoms with E-state index in [-0.39, 0.29) is 11.6 Å². The summed E-state index contributed by atoms with van der Waals surface area (Å²) in [6.07, 6.45) is 3.52. The van der Waals surface area contributed by atoms with Crippen molar-refractivity contribution in [3.63, 3.8) is 0 Å². The Hall–Kier alpha value is -3.68. The van der Waals surface area contributed by atoms with Gasteiger partial charge in [0.15, 0.2) is 0 Å². The van der Waals surface area contributed by atoms with E-state index in [1.807, 2.05) is 12.1 Å². The Morgan fingerprint density at radius 3 is 2.84 bits per heavy atom. The molecular formula is C23H24FN5O2. The number of aromatic nitrogens is 2. The highest BCUT2D eigenvalue weighted by Crippen LogP contribution is 2.23. The zero-order valence-corrected chi connectivity index (χ0v) is 17.2. The summed E-state index contributed by atoms with van der Waals surface area (Å²) in [4.78, 5) is 24.8. The SMILES string of the molecule is CCCCc1cc(NC(=O)Nc2ccccc2F)n(-c2ccc3c(c2)C(=O)NCC3)n1. The highest BCUT2D eigenvalue weighted by molar-refractivity contribution is 6.00. The van der Waals surface area contributed by atoms with Crippen LogP contribution in [0.15, 0.2) is 48.5 Å². The average Bonchev–Trinajstić information content (AvgIpc) is 3.16. The first kappa shape index (κ1) is 20.6. The van der Waals surface area contributed by atoms with Gasteiger partial charge >= 0.3 is 6.03 Å². The number of rotatable bonds is 6. The predicted molar refractivity (Wildman–Crippen MR) is 117 cm³/mol. The third-order valence-corrected chi connectivity index (χ3v) is 5.17. The van der Waals surface area contributed by atoms with Crippen molar-refractivity contribution in [1.29, 1.82) is 0 Å². The van der Waals surface area contributed by atoms with Crippen LogP contribution in [0, 0.1) is 5.82 Å². The first-order valence-electron chi connectivity index (χ1n) is 10.4. The Morgan fingerprint density at radius 2 is 2.03 bits per heavy atom. The first-order valence-corrected chi connectivity index (χ1v) is 10.4. The van der Waals surface area contributed by atoms with Crippen LogP contribution >= 0.6 is 0 Å². The van der Waals surface area contributed by atoms with Crippen molar-refractivity contribution in [1.82, 2.24) is 15.1 Å². The minimum Gasteiger partial charge on any atom is -0.352 e. The highest BCUT2D eigenvalue weighted by Gasteiger charge is 2.19. The number of halogens is 1. The Labute approximate surface area is 179 Å². The second kappa shape index (κ2) is 8.99. The summed E-state index contributed by atoms with van der Waals surface area (Å²) in [6.45, 7) is 2.72. The fraction of sp³-hybridized carbons (Fsp3) is 0.261. The molecule has 0 atom stereocenters. The number of nitrogens with one attached hydrogen (secondary N) is 3. The number of hydrogen-bond donors (Lipinski definition) is 3. The zero-order valence-electron chi connectivity index (χ0n) is 17.2. The van der Waals surface area contributed by atoms with E-state index in [0.29, 0.717) is 23.6 Å². The van der Waals surface area contributed by atoms with Gasteiger partial charge < -0.3 is 10.6 Å². The molecule has 2 aromatic carbocycles. The predicted octanol–water partition coefficient (Wildman–Crippen LogP) is 4.28. The third-order valence-electron chi connectivity index (χ3n) is 5.17. The lowest BCUT2D eigenvalue weighted by Gasteiger charge is -2.18. The summed E-state index contributed by atoms with van der Waals surface area (Å²) in [7, 11) is 0. The number of unbranched alkanes of at least 4 members (excludes halogenated alkanes) is 1. The molecule has 0 radical (unpaired) electrons. The van der Waals surface area contributed by atoms with Gasteiger partial charge in [-0.15, -0.1) is 0 Å². The van der Waals surface area contributed by atoms with E-state index in [1.165, 1.54) is 12.1 Å². The number of carbonyl (C=O) groups excluding carboxylic acids is 2. The van der Waals surface area contributed by atoms with Crippen molar-refractivity contribution < 1.29 is 14.0 Å². The fourth-order valence-corrected chi connectivity index (χ4v) is 3.56. The molecule has 0 spiro atoms. The zero-order chi connectivity index (χ0) is 21.8. The molecule has 3 N–H and O–H groups in total. The number of fused-ring (bicyclic) bond motifs is 1. The van der Waals surface area contributed by atoms with E-state index >= 15 is 0 Å². The topological polar surface area (TPSA) is 88.0 Å². The molecule has 7 nitrogen and oxygen atoms in total. The highest BCUT2D eigenvalue weighted by atomic mass is 19.1. The summed E-state index contributed by atoms with van der Waals surface area (Å²) in [5.74, 6) is -0.195. The molecule has 0 unspecified atom stereocenters. The van der Waals surface area contributed by atoms with E-state index in [4.69, 9.17) is 0 Å². The van der Waals surface area contributed by atoms with Gasteiger partial charge in [0, 0.05) is 18.2 Å². The van der Waals surface area contributed by atoms with Gasteiger partial charge in [0.2, 0.25) is 0 Å². The van der Waals surface area contributed by atoms with Crippen LogP contribution < -0.4 is 16.0 Å². The van der Waals surface area contributed by atoms with Crippen LogP contribution in [0.25, 0.3) is 5.69 Å². The minimum absolute atomic E-state index is 0.0859. The molecule has 4 rings (SSSR count). The van der Waals surface area contributed by atoms with Crippen molar-refractivity contribution in [2.24, 2.45) is 0 Å². The normalized spacial score (nSPS) is 12.8. The molecule has 1 aliphatic heterocycles. The van der Waals surface area contributed by atoms with Gasteiger partial charge in [-0.05, 0) is 49.1 Å². The number of urea groups is 1. The molecule has 2 heterocycles. The van der Waals surface area contributed by atoms with Crippen molar-refractivity contribution in [2.75, 3.05) is 17.2 Å². The summed E-state index contributed by atoms with van der Waals surface area (Å²) in [5, 5.41) is 12.8. The van der Waals surface area contributed by atoms with Gasteiger partial charge in [-0.2, -0.15) is 5.10 Å². The van der Waals surface area contributed by atoms with E-state index < -0.39 is 11.8 Å². The van der Waals surface area contributed by atoms with Crippen LogP contribution in [0.5, 0.6) is 0 Å². The lowest BCUT2D eigenvalue weighted by atomic mass is 10.00. The molecule has 3 aromatic rings. The van der Waals surface area contributed by atoms with Crippen molar-refractivity contribution in [2.45, 2.75) is 32.6 Å². The number of carbonyl (C=O) groups is 2. The number of nitrogens with zero attached hydrogens (tertiary/aromatic N) is 2. The van der Waals surface area contributed by atoms with E-state index in [1.54, 1.807) is 28.9 Å². The van der Waals surface area contributed by atoms with E-state index in [2.05, 4.69) is 28.0 Å². The molecule has 0 fully saturated rings. The molecule has 1 aromatic heterocycles. The molecular weight excluding hydrogens is 397 g/mol. The molecule has 3 amide bonds. The Morgan fingerprint density at radius 1 is 1.19 bits per heavy atom. The van der Waals surface area contributed by atoms with Crippen molar-refractivity contribution >= 4 is 23.4 Å². The van der Waals surface area contributed by atoms with Crippen LogP contribution in [0.2, 0.25) is 0 Å². The summed E-state index contributed by atoms with van der Waals surface area (Å²) >= 11 is 0. The lowest BCUT2D eigenvalue weighted by molar-refractivity contribution is 0.0946. The standard InChI is InChI=1S/C23H24FN5O2/c1-2-3-6-16-13-21(27-23(31)26-20-8-5-4-7-19(20)24)29(28-16)17-10-9-15-11-12-25-22(30)18(15)14-17/h4-5,7-10,13-14H,2-3,6,11-12H2,1H3,(H,25,30)(H2,26,27,31). The number of amides is 3. The third kappa shape index (κ3) is 4.58. The van der Waals surface area contributed by atoms with Crippen LogP contribution in [0.3, 0.4) is 0 Å². The van der Waals surface area contributed by atoms with Crippen LogP contribution in [-0.4, -0.2) is 28.3 Å². The molecule has 0 aliphatic carbocycles. The second-order valence-corrected chi connectivity index (χ2v) is 7.44. The molecule has 0 bridgehead atoms. The number of anilines is 2. The average molecular weight is 421 g/mol. The second-order valence-electron chi connectivity index (χ2n) is 7.44. The van der Waals surface area contributed by atoms with Gasteiger partial charge in [-0.25, -0.2) is 13.9 Å². The van der Waals surface area contributed by atoms with Gasteiger partial charge in [-0.3, -0.25) is 10.1 Å². The van der Waals surface area contributed by atoms with Gasteiger partial charge in [0.25, 0.3) is 5.91 Å². The van der Waals surface area contributed by atoms with E-state index in [9.17, 15) is 14.0 Å². The van der Waals surface area contributed by atoms with Gasteiger partial charge in [0.05, 0.1) is 17.1 Å². The van der Waals surface area contributed by atoms with Crippen LogP contribution in [0.1, 0.15) is 41.4 Å². The maximum atomic E-state index is 13.9. The largest absolute Gasteiger partial charge is 0.352 e. The Balaban J connectivity index is 1.64. The molecule has 1 aliphatic rings. The smallest absolute Gasteiger partial charge is 0.324 e. The van der Waals surface area contributed by atoms with Gasteiger partial charge in [0.1, 0.15) is 11.6 Å². The monoisotopic (exact) mass is 421 g/mol. The maximum Gasteiger partial charge on any atom is 0.324 e. The quantitative estimate of drug-likeness (QED) is 0.555. The van der Waals surface area contributed by atoms with E-state index in [0.717, 1.165) is 36.9 Å². The Bertz CT molecular complexity index is 1120. The summed E-state index contributed by atoms with van der Waals surface area (Å²) in [6, 6.07) is 12.8. The Kier molecular flexibility index (Phi) is 5.97. The molecule has 31 heavy (non-hydrogen) atoms. The van der Waals surface area contributed by atoms with Crippen molar-refractivity contribution in [3.05, 3.63) is 71.2 Å². The lowest BCUT2D eigenvalue weighted by Crippen LogP contribution is -2.31. The molecule has 0 saturated heterocycles. The fourth-order valence-electron chi connectivity index (χ4n) is 3.56. The van der Waals surface area contributed by atoms with Crippen LogP contribution in [-0.2, 0) is 12.8 Å². The van der Waals surface area contributed by atoms with Gasteiger partial charge in [-0.1, -0.05) is 31.5 Å². The summed E-state index contributed by atoms with van der Waals surface area (Å²) in [5.41, 5.74) is 3.17. The number of hydrogen-bond acceptors (Lipinski definition) is 3. The van der Waals surface area contributed by atoms with Crippen LogP contribution in [0.4, 0.5) is 20.7 Å². The minimum atomic E-state index is -0.580. The maximum absolute atomic E-state index is 13.9. The number of benzene rings is 2.